The molecule has 0 saturated carbocycles. The summed E-state index contributed by atoms with van der Waals surface area (Å²) in [5.41, 5.74) is 7.60. The van der Waals surface area contributed by atoms with E-state index >= 15 is 0 Å². The molecule has 1 aromatic rings. The minimum Gasteiger partial charge on any atom is -0.385 e. The van der Waals surface area contributed by atoms with E-state index in [2.05, 4.69) is 9.98 Å². The van der Waals surface area contributed by atoms with E-state index in [0.717, 1.165) is 11.3 Å². The summed E-state index contributed by atoms with van der Waals surface area (Å²) in [5, 5.41) is 0. The van der Waals surface area contributed by atoms with E-state index in [1.165, 1.54) is 0 Å². The number of amidine groups is 1. The number of amides is 2. The molecule has 0 bridgehead atoms. The van der Waals surface area contributed by atoms with Gasteiger partial charge in [-0.05, 0) is 19.9 Å². The summed E-state index contributed by atoms with van der Waals surface area (Å²) in [7, 11) is 0. The summed E-state index contributed by atoms with van der Waals surface area (Å²) in [6, 6.07) is 3.30. The first-order valence-electron chi connectivity index (χ1n) is 5.20. The number of urea groups is 1. The maximum absolute atomic E-state index is 11.5. The lowest BCUT2D eigenvalue weighted by Crippen LogP contribution is -2.33. The van der Waals surface area contributed by atoms with Crippen molar-refractivity contribution in [2.24, 2.45) is 10.7 Å². The summed E-state index contributed by atoms with van der Waals surface area (Å²) in [4.78, 5) is 21.1. The van der Waals surface area contributed by atoms with Crippen LogP contribution in [0.3, 0.4) is 0 Å². The van der Waals surface area contributed by atoms with Gasteiger partial charge in [-0.1, -0.05) is 6.07 Å². The van der Waals surface area contributed by atoms with Crippen LogP contribution in [0.5, 0.6) is 0 Å². The molecule has 16 heavy (non-hydrogen) atoms. The molecule has 84 valence electrons. The predicted molar refractivity (Wildman–Crippen MR) is 61.1 cm³/mol. The van der Waals surface area contributed by atoms with Crippen molar-refractivity contribution in [1.29, 1.82) is 0 Å². The number of carbonyl (C=O) groups is 1. The Bertz CT molecular complexity index is 438. The van der Waals surface area contributed by atoms with E-state index in [1.807, 2.05) is 26.0 Å². The number of rotatable bonds is 2. The van der Waals surface area contributed by atoms with Gasteiger partial charge < -0.3 is 10.6 Å². The molecule has 2 amide bonds. The average molecular weight is 218 g/mol. The van der Waals surface area contributed by atoms with Crippen molar-refractivity contribution < 1.29 is 4.79 Å². The maximum atomic E-state index is 11.5. The first kappa shape index (κ1) is 10.6. The summed E-state index contributed by atoms with van der Waals surface area (Å²) < 4.78 is 0. The molecule has 0 saturated heterocycles. The van der Waals surface area contributed by atoms with Gasteiger partial charge in [-0.15, -0.1) is 0 Å². The fraction of sp³-hybridized carbons (Fsp3) is 0.364. The smallest absolute Gasteiger partial charge is 0.346 e. The summed E-state index contributed by atoms with van der Waals surface area (Å²) in [6.45, 7) is 4.40. The molecule has 1 aliphatic rings. The number of aryl methyl sites for hydroxylation is 1. The van der Waals surface area contributed by atoms with Gasteiger partial charge in [0.2, 0.25) is 0 Å². The van der Waals surface area contributed by atoms with Gasteiger partial charge in [-0.2, -0.15) is 4.99 Å². The molecule has 2 heterocycles. The van der Waals surface area contributed by atoms with Gasteiger partial charge >= 0.3 is 6.03 Å². The van der Waals surface area contributed by atoms with Gasteiger partial charge in [0.25, 0.3) is 0 Å². The van der Waals surface area contributed by atoms with Gasteiger partial charge in [-0.25, -0.2) is 4.79 Å². The zero-order valence-electron chi connectivity index (χ0n) is 9.34. The third-order valence-corrected chi connectivity index (χ3v) is 2.65. The molecule has 2 rings (SSSR count). The van der Waals surface area contributed by atoms with E-state index in [-0.39, 0.29) is 12.1 Å². The number of pyridine rings is 1. The van der Waals surface area contributed by atoms with Crippen LogP contribution in [0.1, 0.15) is 24.2 Å². The number of hydrogen-bond donors (Lipinski definition) is 1. The molecule has 1 unspecified atom stereocenters. The zero-order valence-corrected chi connectivity index (χ0v) is 9.34. The first-order valence-corrected chi connectivity index (χ1v) is 5.20. The lowest BCUT2D eigenvalue weighted by atomic mass is 10.1. The molecular weight excluding hydrogens is 204 g/mol. The molecule has 0 radical (unpaired) electrons. The Kier molecular flexibility index (Phi) is 2.60. The fourth-order valence-corrected chi connectivity index (χ4v) is 1.82. The third-order valence-electron chi connectivity index (χ3n) is 2.65. The normalized spacial score (nSPS) is 20.1. The van der Waals surface area contributed by atoms with Crippen molar-refractivity contribution in [3.63, 3.8) is 0 Å². The summed E-state index contributed by atoms with van der Waals surface area (Å²) in [6.07, 6.45) is 1.74. The SMILES string of the molecule is CCN1C(=O)N=C(N)C1c1ccc(C)nc1. The highest BCUT2D eigenvalue weighted by Gasteiger charge is 2.33. The van der Waals surface area contributed by atoms with E-state index < -0.39 is 0 Å². The van der Waals surface area contributed by atoms with Crippen LogP contribution in [-0.4, -0.2) is 28.3 Å². The lowest BCUT2D eigenvalue weighted by molar-refractivity contribution is 0.209. The van der Waals surface area contributed by atoms with Crippen LogP contribution < -0.4 is 5.73 Å². The number of nitrogens with zero attached hydrogens (tertiary/aromatic N) is 3. The molecule has 0 fully saturated rings. The number of aliphatic imine (C=N–C) groups is 1. The minimum atomic E-state index is -0.273. The monoisotopic (exact) mass is 218 g/mol. The molecule has 0 aromatic carbocycles. The van der Waals surface area contributed by atoms with E-state index in [4.69, 9.17) is 5.73 Å². The van der Waals surface area contributed by atoms with Crippen LogP contribution in [0.15, 0.2) is 23.3 Å². The van der Waals surface area contributed by atoms with Crippen LogP contribution >= 0.6 is 0 Å². The van der Waals surface area contributed by atoms with Crippen LogP contribution in [0.4, 0.5) is 4.79 Å². The number of nitrogens with two attached hydrogens (primary N) is 1. The van der Waals surface area contributed by atoms with Crippen molar-refractivity contribution in [2.75, 3.05) is 6.54 Å². The standard InChI is InChI=1S/C11H14N4O/c1-3-15-9(10(12)14-11(15)16)8-5-4-7(2)13-6-8/h4-6,9H,3H2,1-2H3,(H2,12,14,16). The number of carbonyl (C=O) groups excluding carboxylic acids is 1. The van der Waals surface area contributed by atoms with Gasteiger partial charge in [0, 0.05) is 24.0 Å². The van der Waals surface area contributed by atoms with Gasteiger partial charge in [0.15, 0.2) is 0 Å². The number of hydrogen-bond acceptors (Lipinski definition) is 3. The van der Waals surface area contributed by atoms with Gasteiger partial charge in [0.05, 0.1) is 0 Å². The summed E-state index contributed by atoms with van der Waals surface area (Å²) >= 11 is 0. The van der Waals surface area contributed by atoms with E-state index in [0.29, 0.717) is 12.4 Å². The Hall–Kier alpha value is -1.91. The van der Waals surface area contributed by atoms with Crippen LogP contribution in [0, 0.1) is 6.92 Å². The molecule has 1 aromatic heterocycles. The fourth-order valence-electron chi connectivity index (χ4n) is 1.82. The topological polar surface area (TPSA) is 71.6 Å². The Morgan fingerprint density at radius 3 is 2.81 bits per heavy atom. The highest BCUT2D eigenvalue weighted by atomic mass is 16.2. The minimum absolute atomic E-state index is 0.259. The Morgan fingerprint density at radius 2 is 2.25 bits per heavy atom. The van der Waals surface area contributed by atoms with Crippen molar-refractivity contribution in [1.82, 2.24) is 9.88 Å². The highest BCUT2D eigenvalue weighted by molar-refractivity contribution is 6.03. The first-order chi connectivity index (χ1) is 7.63. The zero-order chi connectivity index (χ0) is 11.7. The highest BCUT2D eigenvalue weighted by Crippen LogP contribution is 2.25. The van der Waals surface area contributed by atoms with Crippen LogP contribution in [0.25, 0.3) is 0 Å². The van der Waals surface area contributed by atoms with E-state index in [9.17, 15) is 4.79 Å². The molecule has 2 N–H and O–H groups in total. The quantitative estimate of drug-likeness (QED) is 0.811. The largest absolute Gasteiger partial charge is 0.385 e. The lowest BCUT2D eigenvalue weighted by Gasteiger charge is -2.22. The van der Waals surface area contributed by atoms with E-state index in [1.54, 1.807) is 11.1 Å². The second-order valence-corrected chi connectivity index (χ2v) is 3.74. The van der Waals surface area contributed by atoms with Crippen molar-refractivity contribution >= 4 is 11.9 Å². The molecule has 1 aliphatic heterocycles. The van der Waals surface area contributed by atoms with Crippen LogP contribution in [-0.2, 0) is 0 Å². The van der Waals surface area contributed by atoms with Crippen molar-refractivity contribution in [3.05, 3.63) is 29.6 Å². The number of likely N-dealkylation sites (N-methyl/N-ethyl adjacent to an activating group) is 1. The molecule has 1 atom stereocenters. The summed E-state index contributed by atoms with van der Waals surface area (Å²) in [5.74, 6) is 0.345. The Balaban J connectivity index is 2.36. The second-order valence-electron chi connectivity index (χ2n) is 3.74. The molecule has 5 nitrogen and oxygen atoms in total. The molecule has 5 heteroatoms. The Morgan fingerprint density at radius 1 is 1.50 bits per heavy atom. The van der Waals surface area contributed by atoms with Crippen molar-refractivity contribution in [3.8, 4) is 0 Å². The van der Waals surface area contributed by atoms with Crippen molar-refractivity contribution in [2.45, 2.75) is 19.9 Å². The maximum Gasteiger partial charge on any atom is 0.346 e. The number of aromatic nitrogens is 1. The molecule has 0 aliphatic carbocycles. The van der Waals surface area contributed by atoms with Gasteiger partial charge in [-0.3, -0.25) is 4.98 Å². The predicted octanol–water partition coefficient (Wildman–Crippen LogP) is 1.24. The molecule has 0 spiro atoms. The van der Waals surface area contributed by atoms with Gasteiger partial charge in [0.1, 0.15) is 11.9 Å². The Labute approximate surface area is 94.0 Å². The molecular formula is C11H14N4O. The second kappa shape index (κ2) is 3.92. The van der Waals surface area contributed by atoms with Crippen LogP contribution in [0.2, 0.25) is 0 Å². The average Bonchev–Trinajstić information content (AvgIpc) is 2.54. The third kappa shape index (κ3) is 1.64.